The lowest BCUT2D eigenvalue weighted by Gasteiger charge is -2.34. The minimum atomic E-state index is -4.31. The van der Waals surface area contributed by atoms with Crippen LogP contribution in [0.1, 0.15) is 0 Å². The summed E-state index contributed by atoms with van der Waals surface area (Å²) in [5, 5.41) is -0.151. The molecule has 0 aliphatic carbocycles. The van der Waals surface area contributed by atoms with Gasteiger partial charge in [-0.05, 0) is 30.3 Å². The SMILES string of the molecule is CS(=O)(=O)c1ccc(Cl)c(S(=O)(=O)N2CC(C(N)=O)Oc3ccccc32)c1. The first kappa shape index (κ1) is 19.5. The number of benzene rings is 2. The average Bonchev–Trinajstić information content (AvgIpc) is 2.59. The van der Waals surface area contributed by atoms with Gasteiger partial charge in [-0.3, -0.25) is 9.10 Å². The van der Waals surface area contributed by atoms with Crippen molar-refractivity contribution in [3.8, 4) is 5.75 Å². The molecule has 2 aromatic rings. The van der Waals surface area contributed by atoms with Gasteiger partial charge in [0.05, 0.1) is 22.2 Å². The molecule has 144 valence electrons. The molecule has 0 aromatic heterocycles. The highest BCUT2D eigenvalue weighted by Crippen LogP contribution is 2.38. The number of halogens is 1. The maximum Gasteiger partial charge on any atom is 0.266 e. The van der Waals surface area contributed by atoms with Crippen molar-refractivity contribution >= 4 is 43.1 Å². The number of primary amides is 1. The lowest BCUT2D eigenvalue weighted by atomic mass is 10.2. The molecule has 1 unspecified atom stereocenters. The summed E-state index contributed by atoms with van der Waals surface area (Å²) in [5.41, 5.74) is 5.48. The van der Waals surface area contributed by atoms with E-state index in [9.17, 15) is 21.6 Å². The number of nitrogens with two attached hydrogens (primary N) is 1. The summed E-state index contributed by atoms with van der Waals surface area (Å²) in [4.78, 5) is 11.0. The molecule has 1 heterocycles. The summed E-state index contributed by atoms with van der Waals surface area (Å²) in [6.45, 7) is -0.367. The number of carbonyl (C=O) groups is 1. The van der Waals surface area contributed by atoms with E-state index in [0.29, 0.717) is 0 Å². The molecule has 2 N–H and O–H groups in total. The monoisotopic (exact) mass is 430 g/mol. The number of anilines is 1. The maximum atomic E-state index is 13.3. The van der Waals surface area contributed by atoms with E-state index < -0.39 is 36.8 Å². The van der Waals surface area contributed by atoms with Crippen LogP contribution in [0.2, 0.25) is 5.02 Å². The molecular formula is C16H15ClN2O6S2. The van der Waals surface area contributed by atoms with E-state index in [0.717, 1.165) is 16.6 Å². The lowest BCUT2D eigenvalue weighted by molar-refractivity contribution is -0.124. The van der Waals surface area contributed by atoms with Gasteiger partial charge in [0.2, 0.25) is 0 Å². The van der Waals surface area contributed by atoms with Crippen LogP contribution in [0.4, 0.5) is 5.69 Å². The van der Waals surface area contributed by atoms with Gasteiger partial charge in [0, 0.05) is 6.26 Å². The quantitative estimate of drug-likeness (QED) is 0.776. The van der Waals surface area contributed by atoms with Gasteiger partial charge in [0.25, 0.3) is 15.9 Å². The summed E-state index contributed by atoms with van der Waals surface area (Å²) >= 11 is 6.05. The number of para-hydroxylation sites is 2. The number of sulfonamides is 1. The summed E-state index contributed by atoms with van der Waals surface area (Å²) in [5.74, 6) is -0.674. The lowest BCUT2D eigenvalue weighted by Crippen LogP contribution is -2.49. The van der Waals surface area contributed by atoms with E-state index in [1.54, 1.807) is 12.1 Å². The molecular weight excluding hydrogens is 416 g/mol. The van der Waals surface area contributed by atoms with Crippen molar-refractivity contribution in [3.63, 3.8) is 0 Å². The zero-order valence-corrected chi connectivity index (χ0v) is 16.4. The van der Waals surface area contributed by atoms with E-state index >= 15 is 0 Å². The Morgan fingerprint density at radius 3 is 2.48 bits per heavy atom. The molecule has 27 heavy (non-hydrogen) atoms. The van der Waals surface area contributed by atoms with Crippen molar-refractivity contribution < 1.29 is 26.4 Å². The van der Waals surface area contributed by atoms with Gasteiger partial charge >= 0.3 is 0 Å². The average molecular weight is 431 g/mol. The fourth-order valence-corrected chi connectivity index (χ4v) is 5.31. The predicted octanol–water partition coefficient (Wildman–Crippen LogP) is 1.19. The Labute approximate surface area is 161 Å². The normalized spacial score (nSPS) is 17.1. The summed E-state index contributed by atoms with van der Waals surface area (Å²) in [6.07, 6.45) is -0.244. The zero-order valence-electron chi connectivity index (χ0n) is 14.0. The van der Waals surface area contributed by atoms with Crippen LogP contribution in [-0.2, 0) is 24.7 Å². The Kier molecular flexibility index (Phi) is 4.83. The van der Waals surface area contributed by atoms with Crippen molar-refractivity contribution in [1.29, 1.82) is 0 Å². The summed E-state index contributed by atoms with van der Waals surface area (Å²) < 4.78 is 56.5. The van der Waals surface area contributed by atoms with Crippen molar-refractivity contribution in [2.45, 2.75) is 15.9 Å². The van der Waals surface area contributed by atoms with Crippen LogP contribution in [0.25, 0.3) is 0 Å². The van der Waals surface area contributed by atoms with Crippen molar-refractivity contribution in [1.82, 2.24) is 0 Å². The predicted molar refractivity (Wildman–Crippen MR) is 99.1 cm³/mol. The first-order chi connectivity index (χ1) is 12.5. The number of nitrogens with zero attached hydrogens (tertiary/aromatic N) is 1. The van der Waals surface area contributed by atoms with Crippen molar-refractivity contribution in [2.24, 2.45) is 5.73 Å². The second-order valence-electron chi connectivity index (χ2n) is 5.88. The van der Waals surface area contributed by atoms with E-state index in [-0.39, 0.29) is 27.9 Å². The minimum absolute atomic E-state index is 0.151. The molecule has 1 amide bonds. The van der Waals surface area contributed by atoms with Gasteiger partial charge in [0.15, 0.2) is 15.9 Å². The van der Waals surface area contributed by atoms with Crippen LogP contribution < -0.4 is 14.8 Å². The van der Waals surface area contributed by atoms with Gasteiger partial charge in [-0.15, -0.1) is 0 Å². The van der Waals surface area contributed by atoms with Gasteiger partial charge in [-0.2, -0.15) is 0 Å². The third-order valence-corrected chi connectivity index (χ3v) is 7.32. The molecule has 2 aromatic carbocycles. The Morgan fingerprint density at radius 1 is 1.19 bits per heavy atom. The highest BCUT2D eigenvalue weighted by atomic mass is 35.5. The fraction of sp³-hybridized carbons (Fsp3) is 0.188. The van der Waals surface area contributed by atoms with Gasteiger partial charge in [0.1, 0.15) is 10.6 Å². The molecule has 11 heteroatoms. The molecule has 0 saturated carbocycles. The van der Waals surface area contributed by atoms with Crippen LogP contribution in [-0.4, -0.2) is 41.6 Å². The van der Waals surface area contributed by atoms with E-state index in [2.05, 4.69) is 0 Å². The largest absolute Gasteiger partial charge is 0.476 e. The number of hydrogen-bond acceptors (Lipinski definition) is 6. The standard InChI is InChI=1S/C16H15ClN2O6S2/c1-26(21,22)10-6-7-11(17)15(8-10)27(23,24)19-9-14(16(18)20)25-13-5-3-2-4-12(13)19/h2-8,14H,9H2,1H3,(H2,18,20). The Hall–Kier alpha value is -2.30. The van der Waals surface area contributed by atoms with Crippen LogP contribution in [0.3, 0.4) is 0 Å². The third kappa shape index (κ3) is 3.60. The highest BCUT2D eigenvalue weighted by molar-refractivity contribution is 7.93. The molecule has 0 saturated heterocycles. The Balaban J connectivity index is 2.19. The maximum absolute atomic E-state index is 13.3. The molecule has 0 bridgehead atoms. The summed E-state index contributed by atoms with van der Waals surface area (Å²) in [7, 11) is -7.96. The number of carbonyl (C=O) groups excluding carboxylic acids is 1. The van der Waals surface area contributed by atoms with E-state index in [4.69, 9.17) is 22.1 Å². The highest BCUT2D eigenvalue weighted by Gasteiger charge is 2.37. The number of sulfone groups is 1. The molecule has 1 aliphatic rings. The van der Waals surface area contributed by atoms with Crippen LogP contribution in [0.5, 0.6) is 5.75 Å². The second-order valence-corrected chi connectivity index (χ2v) is 10.1. The molecule has 1 aliphatic heterocycles. The summed E-state index contributed by atoms with van der Waals surface area (Å²) in [6, 6.07) is 9.62. The topological polar surface area (TPSA) is 124 Å². The second kappa shape index (κ2) is 6.70. The number of rotatable bonds is 4. The number of hydrogen-bond donors (Lipinski definition) is 1. The van der Waals surface area contributed by atoms with Crippen LogP contribution in [0, 0.1) is 0 Å². The van der Waals surface area contributed by atoms with Gasteiger partial charge < -0.3 is 10.5 Å². The van der Waals surface area contributed by atoms with Gasteiger partial charge in [-0.25, -0.2) is 16.8 Å². The van der Waals surface area contributed by atoms with E-state index in [1.165, 1.54) is 24.3 Å². The van der Waals surface area contributed by atoms with Crippen LogP contribution in [0.15, 0.2) is 52.3 Å². The van der Waals surface area contributed by atoms with Crippen LogP contribution >= 0.6 is 11.6 Å². The number of ether oxygens (including phenoxy) is 1. The minimum Gasteiger partial charge on any atom is -0.476 e. The van der Waals surface area contributed by atoms with Crippen molar-refractivity contribution in [2.75, 3.05) is 17.1 Å². The molecule has 0 radical (unpaired) electrons. The first-order valence-corrected chi connectivity index (χ1v) is 11.3. The van der Waals surface area contributed by atoms with E-state index in [1.807, 2.05) is 0 Å². The molecule has 0 fully saturated rings. The molecule has 3 rings (SSSR count). The number of fused-ring (bicyclic) bond motifs is 1. The van der Waals surface area contributed by atoms with Crippen molar-refractivity contribution in [3.05, 3.63) is 47.5 Å². The smallest absolute Gasteiger partial charge is 0.266 e. The third-order valence-electron chi connectivity index (χ3n) is 3.95. The molecule has 0 spiro atoms. The number of amides is 1. The fourth-order valence-electron chi connectivity index (χ4n) is 2.61. The molecule has 8 nitrogen and oxygen atoms in total. The zero-order chi connectivity index (χ0) is 20.0. The molecule has 1 atom stereocenters. The Morgan fingerprint density at radius 2 is 1.85 bits per heavy atom. The Bertz CT molecular complexity index is 1130. The first-order valence-electron chi connectivity index (χ1n) is 7.59. The van der Waals surface area contributed by atoms with Gasteiger partial charge in [-0.1, -0.05) is 23.7 Å².